The van der Waals surface area contributed by atoms with E-state index in [1.165, 1.54) is 12.0 Å². The zero-order valence-corrected chi connectivity index (χ0v) is 11.9. The van der Waals surface area contributed by atoms with Crippen LogP contribution in [0.4, 0.5) is 5.69 Å². The standard InChI is InChI=1S/C13H14BrNO3/c1-15(10-5-3-9(14)4-6-10)11(16)13(7-8-13)12(17)18-2/h3-6H,7-8H2,1-2H3. The Morgan fingerprint density at radius 1 is 1.28 bits per heavy atom. The number of benzene rings is 1. The van der Waals surface area contributed by atoms with Crippen LogP contribution in [0.25, 0.3) is 0 Å². The second kappa shape index (κ2) is 4.72. The number of rotatable bonds is 3. The first kappa shape index (κ1) is 13.1. The van der Waals surface area contributed by atoms with Crippen LogP contribution in [0.3, 0.4) is 0 Å². The lowest BCUT2D eigenvalue weighted by Crippen LogP contribution is -2.39. The van der Waals surface area contributed by atoms with E-state index in [1.807, 2.05) is 24.3 Å². The number of nitrogens with zero attached hydrogens (tertiary/aromatic N) is 1. The number of amides is 1. The van der Waals surface area contributed by atoms with Crippen LogP contribution in [0, 0.1) is 5.41 Å². The molecule has 1 amide bonds. The molecule has 2 rings (SSSR count). The molecule has 0 unspecified atom stereocenters. The van der Waals surface area contributed by atoms with Crippen LogP contribution in [-0.2, 0) is 14.3 Å². The Labute approximate surface area is 114 Å². The average molecular weight is 312 g/mol. The van der Waals surface area contributed by atoms with E-state index in [4.69, 9.17) is 4.74 Å². The molecule has 96 valence electrons. The predicted octanol–water partition coefficient (Wildman–Crippen LogP) is 2.37. The third kappa shape index (κ3) is 2.14. The SMILES string of the molecule is COC(=O)C1(C(=O)N(C)c2ccc(Br)cc2)CC1. The Balaban J connectivity index is 2.19. The highest BCUT2D eigenvalue weighted by atomic mass is 79.9. The van der Waals surface area contributed by atoms with Gasteiger partial charge >= 0.3 is 5.97 Å². The molecule has 0 saturated heterocycles. The third-order valence-electron chi connectivity index (χ3n) is 3.25. The largest absolute Gasteiger partial charge is 0.468 e. The number of hydrogen-bond acceptors (Lipinski definition) is 3. The summed E-state index contributed by atoms with van der Waals surface area (Å²) < 4.78 is 5.66. The van der Waals surface area contributed by atoms with Crippen molar-refractivity contribution < 1.29 is 14.3 Å². The van der Waals surface area contributed by atoms with Crippen molar-refractivity contribution in [3.8, 4) is 0 Å². The molecular weight excluding hydrogens is 298 g/mol. The van der Waals surface area contributed by atoms with Gasteiger partial charge in [-0.1, -0.05) is 15.9 Å². The summed E-state index contributed by atoms with van der Waals surface area (Å²) in [5.41, 5.74) is -0.185. The summed E-state index contributed by atoms with van der Waals surface area (Å²) in [7, 11) is 2.99. The van der Waals surface area contributed by atoms with Crippen molar-refractivity contribution in [2.45, 2.75) is 12.8 Å². The lowest BCUT2D eigenvalue weighted by Gasteiger charge is -2.22. The van der Waals surface area contributed by atoms with Crippen molar-refractivity contribution in [2.24, 2.45) is 5.41 Å². The normalized spacial score (nSPS) is 15.9. The van der Waals surface area contributed by atoms with E-state index in [1.54, 1.807) is 7.05 Å². The molecule has 1 aliphatic carbocycles. The van der Waals surface area contributed by atoms with Crippen molar-refractivity contribution in [3.05, 3.63) is 28.7 Å². The van der Waals surface area contributed by atoms with E-state index in [-0.39, 0.29) is 5.91 Å². The third-order valence-corrected chi connectivity index (χ3v) is 3.78. The lowest BCUT2D eigenvalue weighted by molar-refractivity contribution is -0.151. The molecule has 18 heavy (non-hydrogen) atoms. The molecule has 0 heterocycles. The molecule has 0 bridgehead atoms. The van der Waals surface area contributed by atoms with Gasteiger partial charge in [-0.05, 0) is 37.1 Å². The van der Waals surface area contributed by atoms with Crippen LogP contribution in [0.2, 0.25) is 0 Å². The molecule has 1 aromatic rings. The van der Waals surface area contributed by atoms with Crippen LogP contribution in [0.15, 0.2) is 28.7 Å². The van der Waals surface area contributed by atoms with Crippen molar-refractivity contribution in [3.63, 3.8) is 0 Å². The molecule has 0 N–H and O–H groups in total. The van der Waals surface area contributed by atoms with Gasteiger partial charge in [-0.3, -0.25) is 9.59 Å². The van der Waals surface area contributed by atoms with Crippen molar-refractivity contribution >= 4 is 33.5 Å². The predicted molar refractivity (Wildman–Crippen MR) is 71.2 cm³/mol. The Bertz CT molecular complexity index is 480. The lowest BCUT2D eigenvalue weighted by atomic mass is 10.1. The molecule has 5 heteroatoms. The Morgan fingerprint density at radius 3 is 2.28 bits per heavy atom. The molecule has 0 aliphatic heterocycles. The maximum atomic E-state index is 12.3. The highest BCUT2D eigenvalue weighted by Gasteiger charge is 2.59. The summed E-state index contributed by atoms with van der Waals surface area (Å²) in [6, 6.07) is 7.37. The van der Waals surface area contributed by atoms with Crippen LogP contribution in [0.5, 0.6) is 0 Å². The van der Waals surface area contributed by atoms with Gasteiger partial charge in [-0.25, -0.2) is 0 Å². The van der Waals surface area contributed by atoms with E-state index < -0.39 is 11.4 Å². The first-order valence-corrected chi connectivity index (χ1v) is 6.43. The number of esters is 1. The van der Waals surface area contributed by atoms with Crippen LogP contribution in [-0.4, -0.2) is 26.0 Å². The summed E-state index contributed by atoms with van der Waals surface area (Å²) in [4.78, 5) is 25.5. The molecule has 4 nitrogen and oxygen atoms in total. The zero-order valence-electron chi connectivity index (χ0n) is 10.3. The average Bonchev–Trinajstić information content (AvgIpc) is 3.18. The number of hydrogen-bond donors (Lipinski definition) is 0. The van der Waals surface area contributed by atoms with Gasteiger partial charge in [0.15, 0.2) is 0 Å². The smallest absolute Gasteiger partial charge is 0.321 e. The summed E-state index contributed by atoms with van der Waals surface area (Å²) >= 11 is 3.34. The topological polar surface area (TPSA) is 46.6 Å². The van der Waals surface area contributed by atoms with Crippen LogP contribution < -0.4 is 4.90 Å². The van der Waals surface area contributed by atoms with Crippen molar-refractivity contribution in [2.75, 3.05) is 19.1 Å². The molecule has 0 atom stereocenters. The Morgan fingerprint density at radius 2 is 1.83 bits per heavy atom. The molecule has 0 aromatic heterocycles. The van der Waals surface area contributed by atoms with E-state index >= 15 is 0 Å². The van der Waals surface area contributed by atoms with Crippen LogP contribution in [0.1, 0.15) is 12.8 Å². The second-order valence-electron chi connectivity index (χ2n) is 4.41. The van der Waals surface area contributed by atoms with E-state index in [9.17, 15) is 9.59 Å². The quantitative estimate of drug-likeness (QED) is 0.636. The number of anilines is 1. The van der Waals surface area contributed by atoms with Gasteiger partial charge in [0.2, 0.25) is 5.91 Å². The molecule has 0 radical (unpaired) electrons. The zero-order chi connectivity index (χ0) is 13.3. The van der Waals surface area contributed by atoms with Gasteiger partial charge in [0, 0.05) is 17.2 Å². The first-order valence-electron chi connectivity index (χ1n) is 5.63. The fourth-order valence-corrected chi connectivity index (χ4v) is 2.19. The fraction of sp³-hybridized carbons (Fsp3) is 0.385. The summed E-state index contributed by atoms with van der Waals surface area (Å²) in [6.07, 6.45) is 1.14. The molecule has 1 aliphatic rings. The maximum absolute atomic E-state index is 12.3. The van der Waals surface area contributed by atoms with Gasteiger partial charge in [0.1, 0.15) is 5.41 Å². The number of carbonyl (C=O) groups is 2. The molecule has 1 saturated carbocycles. The highest BCUT2D eigenvalue weighted by Crippen LogP contribution is 2.48. The number of ether oxygens (including phenoxy) is 1. The van der Waals surface area contributed by atoms with Gasteiger partial charge < -0.3 is 9.64 Å². The van der Waals surface area contributed by atoms with Gasteiger partial charge in [-0.15, -0.1) is 0 Å². The number of carbonyl (C=O) groups excluding carboxylic acids is 2. The van der Waals surface area contributed by atoms with E-state index in [2.05, 4.69) is 15.9 Å². The van der Waals surface area contributed by atoms with Gasteiger partial charge in [-0.2, -0.15) is 0 Å². The maximum Gasteiger partial charge on any atom is 0.321 e. The van der Waals surface area contributed by atoms with Crippen molar-refractivity contribution in [1.29, 1.82) is 0 Å². The van der Waals surface area contributed by atoms with Crippen molar-refractivity contribution in [1.82, 2.24) is 0 Å². The molecule has 1 fully saturated rings. The Kier molecular flexibility index (Phi) is 3.43. The van der Waals surface area contributed by atoms with E-state index in [0.717, 1.165) is 10.2 Å². The summed E-state index contributed by atoms with van der Waals surface area (Å²) in [6.45, 7) is 0. The van der Waals surface area contributed by atoms with Gasteiger partial charge in [0.25, 0.3) is 0 Å². The van der Waals surface area contributed by atoms with E-state index in [0.29, 0.717) is 12.8 Å². The van der Waals surface area contributed by atoms with Crippen LogP contribution >= 0.6 is 15.9 Å². The summed E-state index contributed by atoms with van der Waals surface area (Å²) in [5.74, 6) is -0.631. The minimum atomic E-state index is -0.948. The van der Waals surface area contributed by atoms with Gasteiger partial charge in [0.05, 0.1) is 7.11 Å². The first-order chi connectivity index (χ1) is 8.51. The highest BCUT2D eigenvalue weighted by molar-refractivity contribution is 9.10. The number of halogens is 1. The second-order valence-corrected chi connectivity index (χ2v) is 5.33. The minimum Gasteiger partial charge on any atom is -0.468 e. The molecular formula is C13H14BrNO3. The molecule has 1 aromatic carbocycles. The Hall–Kier alpha value is -1.36. The minimum absolute atomic E-state index is 0.198. The monoisotopic (exact) mass is 311 g/mol. The number of methoxy groups -OCH3 is 1. The fourth-order valence-electron chi connectivity index (χ4n) is 1.93. The summed E-state index contributed by atoms with van der Waals surface area (Å²) in [5, 5.41) is 0. The molecule has 0 spiro atoms.